The monoisotopic (exact) mass is 365 g/mol. The lowest BCUT2D eigenvalue weighted by Crippen LogP contribution is -2.36. The molecule has 1 fully saturated rings. The molecule has 1 aliphatic rings. The molecule has 4 rings (SSSR count). The lowest BCUT2D eigenvalue weighted by Gasteiger charge is -2.28. The minimum Gasteiger partial charge on any atom is -0.478 e. The predicted molar refractivity (Wildman–Crippen MR) is 99.0 cm³/mol. The second kappa shape index (κ2) is 7.59. The highest BCUT2D eigenvalue weighted by Crippen LogP contribution is 2.23. The maximum atomic E-state index is 11.1. The van der Waals surface area contributed by atoms with Crippen molar-refractivity contribution < 1.29 is 19.1 Å². The van der Waals surface area contributed by atoms with E-state index in [0.717, 1.165) is 43.1 Å². The maximum absolute atomic E-state index is 11.1. The van der Waals surface area contributed by atoms with Gasteiger partial charge in [0.1, 0.15) is 0 Å². The van der Waals surface area contributed by atoms with Crippen molar-refractivity contribution in [3.05, 3.63) is 65.5 Å². The Bertz CT molecular complexity index is 930. The predicted octanol–water partition coefficient (Wildman–Crippen LogP) is 2.86. The molecule has 1 aliphatic heterocycles. The van der Waals surface area contributed by atoms with Gasteiger partial charge in [0.25, 0.3) is 0 Å². The highest BCUT2D eigenvalue weighted by Gasteiger charge is 2.13. The van der Waals surface area contributed by atoms with Gasteiger partial charge in [-0.3, -0.25) is 0 Å². The normalized spacial score (nSPS) is 14.3. The zero-order valence-electron chi connectivity index (χ0n) is 14.7. The van der Waals surface area contributed by atoms with Crippen molar-refractivity contribution in [2.45, 2.75) is 6.42 Å². The Morgan fingerprint density at radius 2 is 1.85 bits per heavy atom. The Labute approximate surface area is 156 Å². The molecule has 0 spiro atoms. The molecule has 0 unspecified atom stereocenters. The first-order valence-corrected chi connectivity index (χ1v) is 8.77. The number of ether oxygens (including phenoxy) is 1. The van der Waals surface area contributed by atoms with Gasteiger partial charge in [0.2, 0.25) is 11.8 Å². The van der Waals surface area contributed by atoms with Crippen LogP contribution in [0.2, 0.25) is 0 Å². The standard InChI is InChI=1S/C20H19N3O4/c24-20(25)16-3-1-2-14(12-16)13-18-21-22-19(27-18)15-4-6-17(7-5-15)23-8-10-26-11-9-23/h1-7,12H,8-11,13H2,(H,24,25). The van der Waals surface area contributed by atoms with Gasteiger partial charge in [-0.1, -0.05) is 12.1 Å². The molecule has 27 heavy (non-hydrogen) atoms. The van der Waals surface area contributed by atoms with E-state index < -0.39 is 5.97 Å². The van der Waals surface area contributed by atoms with E-state index in [2.05, 4.69) is 15.1 Å². The Kier molecular flexibility index (Phi) is 4.84. The second-order valence-electron chi connectivity index (χ2n) is 6.33. The van der Waals surface area contributed by atoms with Gasteiger partial charge >= 0.3 is 5.97 Å². The second-order valence-corrected chi connectivity index (χ2v) is 6.33. The number of carboxylic acid groups (broad SMARTS) is 1. The molecule has 0 atom stereocenters. The summed E-state index contributed by atoms with van der Waals surface area (Å²) >= 11 is 0. The molecule has 138 valence electrons. The number of rotatable bonds is 5. The molecule has 7 heteroatoms. The molecule has 3 aromatic rings. The molecule has 2 aromatic carbocycles. The fourth-order valence-electron chi connectivity index (χ4n) is 3.07. The van der Waals surface area contributed by atoms with Gasteiger partial charge in [0.05, 0.1) is 25.2 Å². The number of anilines is 1. The Hall–Kier alpha value is -3.19. The van der Waals surface area contributed by atoms with E-state index in [-0.39, 0.29) is 5.56 Å². The van der Waals surface area contributed by atoms with Crippen molar-refractivity contribution >= 4 is 11.7 Å². The van der Waals surface area contributed by atoms with Gasteiger partial charge in [-0.2, -0.15) is 0 Å². The Morgan fingerprint density at radius 1 is 1.07 bits per heavy atom. The summed E-state index contributed by atoms with van der Waals surface area (Å²) in [4.78, 5) is 13.4. The summed E-state index contributed by atoms with van der Waals surface area (Å²) in [6, 6.07) is 14.7. The number of carboxylic acids is 1. The molecule has 1 saturated heterocycles. The van der Waals surface area contributed by atoms with E-state index in [1.807, 2.05) is 30.3 Å². The molecule has 0 radical (unpaired) electrons. The van der Waals surface area contributed by atoms with Crippen LogP contribution in [0.5, 0.6) is 0 Å². The number of hydrogen-bond donors (Lipinski definition) is 1. The molecule has 0 aliphatic carbocycles. The van der Waals surface area contributed by atoms with Crippen molar-refractivity contribution in [3.8, 4) is 11.5 Å². The summed E-state index contributed by atoms with van der Waals surface area (Å²) in [7, 11) is 0. The highest BCUT2D eigenvalue weighted by molar-refractivity contribution is 5.87. The van der Waals surface area contributed by atoms with Crippen molar-refractivity contribution in [2.24, 2.45) is 0 Å². The van der Waals surface area contributed by atoms with Crippen molar-refractivity contribution in [1.82, 2.24) is 10.2 Å². The molecule has 7 nitrogen and oxygen atoms in total. The van der Waals surface area contributed by atoms with Crippen LogP contribution in [-0.2, 0) is 11.2 Å². The van der Waals surface area contributed by atoms with Gasteiger partial charge in [-0.05, 0) is 42.0 Å². The van der Waals surface area contributed by atoms with Crippen molar-refractivity contribution in [1.29, 1.82) is 0 Å². The van der Waals surface area contributed by atoms with Crippen LogP contribution in [0.1, 0.15) is 21.8 Å². The van der Waals surface area contributed by atoms with Crippen molar-refractivity contribution in [2.75, 3.05) is 31.2 Å². The Balaban J connectivity index is 1.47. The van der Waals surface area contributed by atoms with Crippen LogP contribution in [0.15, 0.2) is 52.9 Å². The summed E-state index contributed by atoms with van der Waals surface area (Å²) in [6.45, 7) is 3.27. The van der Waals surface area contributed by atoms with E-state index in [0.29, 0.717) is 18.2 Å². The van der Waals surface area contributed by atoms with Gasteiger partial charge in [0.15, 0.2) is 0 Å². The van der Waals surface area contributed by atoms with Crippen LogP contribution in [-0.4, -0.2) is 47.6 Å². The average Bonchev–Trinajstić information content (AvgIpc) is 3.17. The number of aromatic nitrogens is 2. The largest absolute Gasteiger partial charge is 0.478 e. The van der Waals surface area contributed by atoms with Gasteiger partial charge in [-0.15, -0.1) is 10.2 Å². The van der Waals surface area contributed by atoms with E-state index in [9.17, 15) is 4.79 Å². The fraction of sp³-hybridized carbons (Fsp3) is 0.250. The number of nitrogens with zero attached hydrogens (tertiary/aromatic N) is 3. The lowest BCUT2D eigenvalue weighted by molar-refractivity contribution is 0.0696. The van der Waals surface area contributed by atoms with Crippen molar-refractivity contribution in [3.63, 3.8) is 0 Å². The molecule has 2 heterocycles. The molecule has 0 saturated carbocycles. The molecular formula is C20H19N3O4. The zero-order chi connectivity index (χ0) is 18.6. The summed E-state index contributed by atoms with van der Waals surface area (Å²) < 4.78 is 11.1. The van der Waals surface area contributed by atoms with Gasteiger partial charge in [0, 0.05) is 24.3 Å². The smallest absolute Gasteiger partial charge is 0.335 e. The SMILES string of the molecule is O=C(O)c1cccc(Cc2nnc(-c3ccc(N4CCOCC4)cc3)o2)c1. The number of benzene rings is 2. The first kappa shape index (κ1) is 17.2. The Morgan fingerprint density at radius 3 is 2.59 bits per heavy atom. The average molecular weight is 365 g/mol. The number of carbonyl (C=O) groups is 1. The highest BCUT2D eigenvalue weighted by atomic mass is 16.5. The van der Waals surface area contributed by atoms with Crippen LogP contribution in [0, 0.1) is 0 Å². The van der Waals surface area contributed by atoms with E-state index in [1.165, 1.54) is 0 Å². The van der Waals surface area contributed by atoms with Crippen LogP contribution in [0.3, 0.4) is 0 Å². The number of hydrogen-bond acceptors (Lipinski definition) is 6. The topological polar surface area (TPSA) is 88.7 Å². The molecule has 0 bridgehead atoms. The molecule has 1 N–H and O–H groups in total. The minimum atomic E-state index is -0.955. The van der Waals surface area contributed by atoms with Gasteiger partial charge < -0.3 is 19.2 Å². The van der Waals surface area contributed by atoms with Crippen LogP contribution < -0.4 is 4.90 Å². The van der Waals surface area contributed by atoms with E-state index in [4.69, 9.17) is 14.3 Å². The van der Waals surface area contributed by atoms with Crippen LogP contribution in [0.4, 0.5) is 5.69 Å². The molecule has 0 amide bonds. The minimum absolute atomic E-state index is 0.242. The lowest BCUT2D eigenvalue weighted by atomic mass is 10.1. The summed E-state index contributed by atoms with van der Waals surface area (Å²) in [5, 5.41) is 17.3. The number of morpholine rings is 1. The summed E-state index contributed by atoms with van der Waals surface area (Å²) in [5.74, 6) is -0.0545. The molecular weight excluding hydrogens is 346 g/mol. The summed E-state index contributed by atoms with van der Waals surface area (Å²) in [6.07, 6.45) is 0.389. The zero-order valence-corrected chi connectivity index (χ0v) is 14.7. The quantitative estimate of drug-likeness (QED) is 0.744. The van der Waals surface area contributed by atoms with E-state index >= 15 is 0 Å². The molecule has 1 aromatic heterocycles. The van der Waals surface area contributed by atoms with Crippen LogP contribution in [0.25, 0.3) is 11.5 Å². The van der Waals surface area contributed by atoms with Gasteiger partial charge in [-0.25, -0.2) is 4.79 Å². The van der Waals surface area contributed by atoms with Crippen LogP contribution >= 0.6 is 0 Å². The maximum Gasteiger partial charge on any atom is 0.335 e. The fourth-order valence-corrected chi connectivity index (χ4v) is 3.07. The first-order chi connectivity index (χ1) is 13.2. The third-order valence-corrected chi connectivity index (χ3v) is 4.49. The summed E-state index contributed by atoms with van der Waals surface area (Å²) in [5.41, 5.74) is 3.05. The third kappa shape index (κ3) is 3.98. The first-order valence-electron chi connectivity index (χ1n) is 8.77. The van der Waals surface area contributed by atoms with E-state index in [1.54, 1.807) is 18.2 Å². The number of aromatic carboxylic acids is 1. The third-order valence-electron chi connectivity index (χ3n) is 4.49.